The Morgan fingerprint density at radius 3 is 3.11 bits per heavy atom. The fourth-order valence-electron chi connectivity index (χ4n) is 1.61. The number of amides is 1. The molecule has 0 unspecified atom stereocenters. The van der Waals surface area contributed by atoms with Crippen LogP contribution in [0.4, 0.5) is 5.82 Å². The predicted octanol–water partition coefficient (Wildman–Crippen LogP) is 2.71. The maximum Gasteiger partial charge on any atom is 0.249 e. The molecular weight excluding hydrogens is 260 g/mol. The maximum atomic E-state index is 11.8. The summed E-state index contributed by atoms with van der Waals surface area (Å²) in [5, 5.41) is 9.85. The Kier molecular flexibility index (Phi) is 4.46. The van der Waals surface area contributed by atoms with Crippen molar-refractivity contribution in [1.29, 1.82) is 0 Å². The van der Waals surface area contributed by atoms with Crippen molar-refractivity contribution in [2.24, 2.45) is 0 Å². The Morgan fingerprint density at radius 1 is 1.58 bits per heavy atom. The van der Waals surface area contributed by atoms with E-state index in [1.165, 1.54) is 6.08 Å². The number of nitrogens with one attached hydrogen (secondary N) is 1. The molecule has 1 amide bonds. The van der Waals surface area contributed by atoms with E-state index in [2.05, 4.69) is 22.3 Å². The van der Waals surface area contributed by atoms with Crippen LogP contribution in [-0.2, 0) is 11.3 Å². The van der Waals surface area contributed by atoms with Gasteiger partial charge in [-0.25, -0.2) is 9.67 Å². The second kappa shape index (κ2) is 6.29. The van der Waals surface area contributed by atoms with Gasteiger partial charge in [-0.2, -0.15) is 5.10 Å². The van der Waals surface area contributed by atoms with Crippen molar-refractivity contribution in [3.8, 4) is 0 Å². The molecule has 2 aromatic rings. The summed E-state index contributed by atoms with van der Waals surface area (Å²) in [6.45, 7) is 4.79. The van der Waals surface area contributed by atoms with Gasteiger partial charge in [0.05, 0.1) is 16.9 Å². The van der Waals surface area contributed by atoms with Gasteiger partial charge < -0.3 is 5.32 Å². The van der Waals surface area contributed by atoms with Gasteiger partial charge in [0.2, 0.25) is 5.91 Å². The van der Waals surface area contributed by atoms with Crippen LogP contribution in [0.5, 0.6) is 0 Å². The molecular formula is C13H16N4OS. The number of hydrogen-bond acceptors (Lipinski definition) is 4. The maximum absolute atomic E-state index is 11.8. The van der Waals surface area contributed by atoms with Crippen molar-refractivity contribution in [2.45, 2.75) is 26.8 Å². The summed E-state index contributed by atoms with van der Waals surface area (Å²) in [5.41, 5.74) is 0.805. The quantitative estimate of drug-likeness (QED) is 0.854. The van der Waals surface area contributed by atoms with E-state index in [1.54, 1.807) is 34.4 Å². The minimum absolute atomic E-state index is 0.177. The summed E-state index contributed by atoms with van der Waals surface area (Å²) in [4.78, 5) is 16.0. The second-order valence-corrected chi connectivity index (χ2v) is 5.12. The predicted molar refractivity (Wildman–Crippen MR) is 77.0 cm³/mol. The number of hydrogen-bond donors (Lipinski definition) is 1. The summed E-state index contributed by atoms with van der Waals surface area (Å²) >= 11 is 1.56. The molecule has 5 nitrogen and oxygen atoms in total. The standard InChI is InChI=1S/C13H16N4OS/c1-3-8-17-12(6-7-14-17)16-13(18)5-4-11-9-19-10(2)15-11/h4-7,9H,3,8H2,1-2H3,(H,16,18)/b5-4-. The molecule has 0 saturated heterocycles. The van der Waals surface area contributed by atoms with Crippen molar-refractivity contribution in [3.63, 3.8) is 0 Å². The molecule has 2 rings (SSSR count). The van der Waals surface area contributed by atoms with Gasteiger partial charge in [0.25, 0.3) is 0 Å². The van der Waals surface area contributed by atoms with Crippen molar-refractivity contribution in [1.82, 2.24) is 14.8 Å². The lowest BCUT2D eigenvalue weighted by molar-refractivity contribution is -0.111. The van der Waals surface area contributed by atoms with Crippen LogP contribution in [0.25, 0.3) is 6.08 Å². The first-order valence-electron chi connectivity index (χ1n) is 6.12. The van der Waals surface area contributed by atoms with Gasteiger partial charge in [0.15, 0.2) is 0 Å². The third-order valence-electron chi connectivity index (χ3n) is 2.45. The number of nitrogens with zero attached hydrogens (tertiary/aromatic N) is 3. The zero-order valence-corrected chi connectivity index (χ0v) is 11.8. The van der Waals surface area contributed by atoms with Crippen LogP contribution in [0.1, 0.15) is 24.0 Å². The first-order chi connectivity index (χ1) is 9.19. The van der Waals surface area contributed by atoms with Crippen LogP contribution >= 0.6 is 11.3 Å². The number of aryl methyl sites for hydroxylation is 2. The van der Waals surface area contributed by atoms with Crippen LogP contribution < -0.4 is 5.32 Å². The van der Waals surface area contributed by atoms with Crippen LogP contribution in [0.2, 0.25) is 0 Å². The highest BCUT2D eigenvalue weighted by Gasteiger charge is 2.04. The molecule has 100 valence electrons. The molecule has 2 aromatic heterocycles. The van der Waals surface area contributed by atoms with Gasteiger partial charge in [-0.1, -0.05) is 6.92 Å². The fraction of sp³-hybridized carbons (Fsp3) is 0.308. The summed E-state index contributed by atoms with van der Waals surface area (Å²) in [6.07, 6.45) is 5.84. The average Bonchev–Trinajstić information content (AvgIpc) is 2.97. The van der Waals surface area contributed by atoms with Gasteiger partial charge in [-0.05, 0) is 19.4 Å². The molecule has 19 heavy (non-hydrogen) atoms. The van der Waals surface area contributed by atoms with E-state index < -0.39 is 0 Å². The highest BCUT2D eigenvalue weighted by molar-refractivity contribution is 7.09. The fourth-order valence-corrected chi connectivity index (χ4v) is 2.20. The van der Waals surface area contributed by atoms with Crippen molar-refractivity contribution >= 4 is 29.1 Å². The second-order valence-electron chi connectivity index (χ2n) is 4.05. The number of carbonyl (C=O) groups excluding carboxylic acids is 1. The van der Waals surface area contributed by atoms with Crippen LogP contribution in [0.3, 0.4) is 0 Å². The highest BCUT2D eigenvalue weighted by atomic mass is 32.1. The summed E-state index contributed by atoms with van der Waals surface area (Å²) in [7, 11) is 0. The number of rotatable bonds is 5. The normalized spacial score (nSPS) is 11.1. The highest BCUT2D eigenvalue weighted by Crippen LogP contribution is 2.10. The smallest absolute Gasteiger partial charge is 0.249 e. The molecule has 0 bridgehead atoms. The first kappa shape index (κ1) is 13.5. The number of carbonyl (C=O) groups is 1. The zero-order valence-electron chi connectivity index (χ0n) is 11.0. The molecule has 0 radical (unpaired) electrons. The van der Waals surface area contributed by atoms with Crippen molar-refractivity contribution in [2.75, 3.05) is 5.32 Å². The lowest BCUT2D eigenvalue weighted by Crippen LogP contribution is -2.13. The van der Waals surface area contributed by atoms with E-state index in [1.807, 2.05) is 12.3 Å². The van der Waals surface area contributed by atoms with Gasteiger partial charge in [0.1, 0.15) is 5.82 Å². The molecule has 0 aliphatic heterocycles. The molecule has 0 fully saturated rings. The molecule has 0 aromatic carbocycles. The van der Waals surface area contributed by atoms with Crippen LogP contribution in [-0.4, -0.2) is 20.7 Å². The third kappa shape index (κ3) is 3.75. The van der Waals surface area contributed by atoms with Crippen LogP contribution in [0.15, 0.2) is 23.7 Å². The largest absolute Gasteiger partial charge is 0.307 e. The Bertz CT molecular complexity index is 585. The third-order valence-corrected chi connectivity index (χ3v) is 3.24. The molecule has 0 saturated carbocycles. The Labute approximate surface area is 116 Å². The number of aromatic nitrogens is 3. The lowest BCUT2D eigenvalue weighted by Gasteiger charge is -2.05. The van der Waals surface area contributed by atoms with E-state index >= 15 is 0 Å². The Balaban J connectivity index is 1.97. The van der Waals surface area contributed by atoms with Crippen molar-refractivity contribution < 1.29 is 4.79 Å². The number of anilines is 1. The van der Waals surface area contributed by atoms with Gasteiger partial charge >= 0.3 is 0 Å². The first-order valence-corrected chi connectivity index (χ1v) is 7.00. The van der Waals surface area contributed by atoms with Gasteiger partial charge in [0, 0.05) is 24.1 Å². The molecule has 2 heterocycles. The van der Waals surface area contributed by atoms with Gasteiger partial charge in [-0.15, -0.1) is 11.3 Å². The van der Waals surface area contributed by atoms with E-state index in [9.17, 15) is 4.79 Å². The topological polar surface area (TPSA) is 59.8 Å². The summed E-state index contributed by atoms with van der Waals surface area (Å²) in [6, 6.07) is 1.79. The van der Waals surface area contributed by atoms with E-state index in [0.29, 0.717) is 5.82 Å². The zero-order chi connectivity index (χ0) is 13.7. The average molecular weight is 276 g/mol. The molecule has 0 aliphatic carbocycles. The van der Waals surface area contributed by atoms with E-state index in [-0.39, 0.29) is 5.91 Å². The van der Waals surface area contributed by atoms with E-state index in [4.69, 9.17) is 0 Å². The van der Waals surface area contributed by atoms with E-state index in [0.717, 1.165) is 23.7 Å². The molecule has 1 N–H and O–H groups in total. The lowest BCUT2D eigenvalue weighted by atomic mass is 10.4. The molecule has 0 spiro atoms. The monoisotopic (exact) mass is 276 g/mol. The summed E-state index contributed by atoms with van der Waals surface area (Å²) < 4.78 is 1.78. The Hall–Kier alpha value is -1.95. The SMILES string of the molecule is CCCn1nccc1NC(=O)/C=C\c1csc(C)n1. The minimum atomic E-state index is -0.177. The molecule has 0 aliphatic rings. The Morgan fingerprint density at radius 2 is 2.42 bits per heavy atom. The summed E-state index contributed by atoms with van der Waals surface area (Å²) in [5.74, 6) is 0.537. The number of thiazole rings is 1. The molecule has 6 heteroatoms. The van der Waals surface area contributed by atoms with Gasteiger partial charge in [-0.3, -0.25) is 4.79 Å². The minimum Gasteiger partial charge on any atom is -0.307 e. The van der Waals surface area contributed by atoms with Crippen LogP contribution in [0, 0.1) is 6.92 Å². The van der Waals surface area contributed by atoms with Crippen molar-refractivity contribution in [3.05, 3.63) is 34.4 Å². The molecule has 0 atom stereocenters.